The van der Waals surface area contributed by atoms with Crippen molar-refractivity contribution >= 4 is 40.5 Å². The Balaban J connectivity index is 1.38. The Labute approximate surface area is 221 Å². The third-order valence-electron chi connectivity index (χ3n) is 6.26. The first-order valence-corrected chi connectivity index (χ1v) is 12.1. The minimum atomic E-state index is -1.02. The van der Waals surface area contributed by atoms with Gasteiger partial charge in [0.15, 0.2) is 11.5 Å². The first-order chi connectivity index (χ1) is 18.2. The van der Waals surface area contributed by atoms with Gasteiger partial charge in [-0.1, -0.05) is 11.6 Å². The van der Waals surface area contributed by atoms with Crippen LogP contribution in [0.1, 0.15) is 6.92 Å². The fraction of sp³-hybridized carbons (Fsp3) is 0.280. The molecule has 1 aliphatic rings. The summed E-state index contributed by atoms with van der Waals surface area (Å²) < 4.78 is 34.8. The SMILES string of the molecule is COc1cc(N2CCN(C(=O)[C@@H](C)O)CC2)ccc1Nc1ncc(Cl)c(-c2cnc3c(F)cc(F)cn23)n1. The highest BCUT2D eigenvalue weighted by Gasteiger charge is 2.24. The lowest BCUT2D eigenvalue weighted by molar-refractivity contribution is -0.139. The first-order valence-electron chi connectivity index (χ1n) is 11.8. The Morgan fingerprint density at radius 2 is 1.92 bits per heavy atom. The van der Waals surface area contributed by atoms with Gasteiger partial charge in [0.05, 0.1) is 35.9 Å². The van der Waals surface area contributed by atoms with Crippen LogP contribution in [0.3, 0.4) is 0 Å². The molecule has 1 aromatic carbocycles. The Morgan fingerprint density at radius 3 is 2.63 bits per heavy atom. The van der Waals surface area contributed by atoms with Gasteiger partial charge in [-0.15, -0.1) is 0 Å². The van der Waals surface area contributed by atoms with E-state index in [0.717, 1.165) is 18.0 Å². The molecule has 0 saturated carbocycles. The molecule has 0 aliphatic carbocycles. The summed E-state index contributed by atoms with van der Waals surface area (Å²) in [6.07, 6.45) is 2.84. The summed E-state index contributed by atoms with van der Waals surface area (Å²) >= 11 is 6.33. The zero-order valence-electron chi connectivity index (χ0n) is 20.5. The molecule has 198 valence electrons. The van der Waals surface area contributed by atoms with E-state index in [1.165, 1.54) is 23.7 Å². The van der Waals surface area contributed by atoms with Crippen LogP contribution in [-0.2, 0) is 4.79 Å². The third kappa shape index (κ3) is 4.92. The average molecular weight is 544 g/mol. The first kappa shape index (κ1) is 25.6. The van der Waals surface area contributed by atoms with Crippen molar-refractivity contribution in [3.63, 3.8) is 0 Å². The van der Waals surface area contributed by atoms with Crippen molar-refractivity contribution < 1.29 is 23.4 Å². The molecule has 0 unspecified atom stereocenters. The monoisotopic (exact) mass is 543 g/mol. The van der Waals surface area contributed by atoms with Crippen molar-refractivity contribution in [1.82, 2.24) is 24.3 Å². The molecule has 1 fully saturated rings. The number of pyridine rings is 1. The van der Waals surface area contributed by atoms with Crippen molar-refractivity contribution in [1.29, 1.82) is 0 Å². The fourth-order valence-electron chi connectivity index (χ4n) is 4.35. The van der Waals surface area contributed by atoms with E-state index >= 15 is 0 Å². The van der Waals surface area contributed by atoms with Gasteiger partial charge < -0.3 is 25.0 Å². The highest BCUT2D eigenvalue weighted by Crippen LogP contribution is 2.33. The van der Waals surface area contributed by atoms with Crippen molar-refractivity contribution in [2.24, 2.45) is 0 Å². The molecule has 1 saturated heterocycles. The highest BCUT2D eigenvalue weighted by molar-refractivity contribution is 6.32. The number of carbonyl (C=O) groups is 1. The van der Waals surface area contributed by atoms with E-state index < -0.39 is 17.7 Å². The Morgan fingerprint density at radius 1 is 1.16 bits per heavy atom. The van der Waals surface area contributed by atoms with E-state index in [2.05, 4.69) is 25.2 Å². The number of aliphatic hydroxyl groups is 1. The van der Waals surface area contributed by atoms with Gasteiger partial charge in [0, 0.05) is 50.2 Å². The van der Waals surface area contributed by atoms with Crippen LogP contribution in [0, 0.1) is 11.6 Å². The number of aromatic nitrogens is 4. The maximum absolute atomic E-state index is 14.1. The number of hydrogen-bond donors (Lipinski definition) is 2. The molecule has 5 rings (SSSR count). The standard InChI is InChI=1S/C25H24ClF2N7O3/c1-14(36)24(37)34-7-5-33(6-8-34)16-3-4-19(21(10-16)38-2)31-25-30-11-17(26)22(32-25)20-12-29-23-18(28)9-15(27)13-35(20)23/h3-4,9-14,36H,5-8H2,1-2H3,(H,30,31,32)/t14-/m1/s1. The fourth-order valence-corrected chi connectivity index (χ4v) is 4.53. The number of fused-ring (bicyclic) bond motifs is 1. The Bertz CT molecular complexity index is 1510. The van der Waals surface area contributed by atoms with Crippen LogP contribution in [0.4, 0.5) is 26.1 Å². The molecule has 4 heterocycles. The molecule has 1 aliphatic heterocycles. The maximum atomic E-state index is 14.1. The number of carbonyl (C=O) groups excluding carboxylic acids is 1. The number of nitrogens with one attached hydrogen (secondary N) is 1. The third-order valence-corrected chi connectivity index (χ3v) is 6.54. The summed E-state index contributed by atoms with van der Waals surface area (Å²) in [4.78, 5) is 28.5. The van der Waals surface area contributed by atoms with Crippen molar-refractivity contribution in [2.75, 3.05) is 43.5 Å². The minimum Gasteiger partial charge on any atom is -0.494 e. The molecule has 1 atom stereocenters. The molecule has 0 radical (unpaired) electrons. The molecule has 0 bridgehead atoms. The number of piperazine rings is 1. The second-order valence-corrected chi connectivity index (χ2v) is 9.14. The van der Waals surface area contributed by atoms with Crippen molar-refractivity contribution in [3.05, 3.63) is 59.5 Å². The summed E-state index contributed by atoms with van der Waals surface area (Å²) in [5, 5.41) is 12.8. The van der Waals surface area contributed by atoms with Crippen LogP contribution in [0.25, 0.3) is 17.0 Å². The van der Waals surface area contributed by atoms with Crippen LogP contribution in [0.5, 0.6) is 5.75 Å². The predicted molar refractivity (Wildman–Crippen MR) is 138 cm³/mol. The number of nitrogens with zero attached hydrogens (tertiary/aromatic N) is 6. The Kier molecular flexibility index (Phi) is 7.00. The molecule has 1 amide bonds. The van der Waals surface area contributed by atoms with E-state index in [1.54, 1.807) is 12.0 Å². The molecular formula is C25H24ClF2N7O3. The number of amides is 1. The lowest BCUT2D eigenvalue weighted by atomic mass is 10.2. The van der Waals surface area contributed by atoms with Gasteiger partial charge in [0.1, 0.15) is 23.4 Å². The van der Waals surface area contributed by atoms with E-state index in [-0.39, 0.29) is 28.2 Å². The van der Waals surface area contributed by atoms with E-state index in [9.17, 15) is 18.7 Å². The molecule has 38 heavy (non-hydrogen) atoms. The van der Waals surface area contributed by atoms with Gasteiger partial charge >= 0.3 is 0 Å². The van der Waals surface area contributed by atoms with Gasteiger partial charge in [0.25, 0.3) is 5.91 Å². The Hall–Kier alpha value is -4.03. The number of benzene rings is 1. The molecule has 3 aromatic heterocycles. The normalized spacial score (nSPS) is 14.6. The number of imidazole rings is 1. The van der Waals surface area contributed by atoms with Gasteiger partial charge in [-0.2, -0.15) is 0 Å². The number of methoxy groups -OCH3 is 1. The largest absolute Gasteiger partial charge is 0.494 e. The van der Waals surface area contributed by atoms with Gasteiger partial charge in [-0.25, -0.2) is 23.7 Å². The van der Waals surface area contributed by atoms with Crippen molar-refractivity contribution in [3.8, 4) is 17.1 Å². The summed E-state index contributed by atoms with van der Waals surface area (Å²) in [6, 6.07) is 6.34. The summed E-state index contributed by atoms with van der Waals surface area (Å²) in [5.41, 5.74) is 1.97. The number of rotatable bonds is 6. The van der Waals surface area contributed by atoms with Crippen LogP contribution < -0.4 is 15.0 Å². The van der Waals surface area contributed by atoms with Crippen LogP contribution in [0.15, 0.2) is 42.9 Å². The highest BCUT2D eigenvalue weighted by atomic mass is 35.5. The number of aliphatic hydroxyl groups excluding tert-OH is 1. The van der Waals surface area contributed by atoms with E-state index in [4.69, 9.17) is 16.3 Å². The second-order valence-electron chi connectivity index (χ2n) is 8.73. The molecule has 10 nitrogen and oxygen atoms in total. The second kappa shape index (κ2) is 10.4. The smallest absolute Gasteiger partial charge is 0.251 e. The summed E-state index contributed by atoms with van der Waals surface area (Å²) in [7, 11) is 1.54. The zero-order chi connectivity index (χ0) is 27.0. The van der Waals surface area contributed by atoms with Crippen LogP contribution in [-0.4, -0.2) is 74.7 Å². The summed E-state index contributed by atoms with van der Waals surface area (Å²) in [5.74, 6) is -1.13. The topological polar surface area (TPSA) is 108 Å². The van der Waals surface area contributed by atoms with Crippen molar-refractivity contribution in [2.45, 2.75) is 13.0 Å². The summed E-state index contributed by atoms with van der Waals surface area (Å²) in [6.45, 7) is 3.70. The van der Waals surface area contributed by atoms with Crippen LogP contribution >= 0.6 is 11.6 Å². The predicted octanol–water partition coefficient (Wildman–Crippen LogP) is 3.50. The zero-order valence-corrected chi connectivity index (χ0v) is 21.3. The van der Waals surface area contributed by atoms with Gasteiger partial charge in [-0.3, -0.25) is 9.20 Å². The molecule has 13 heteroatoms. The van der Waals surface area contributed by atoms with Gasteiger partial charge in [0.2, 0.25) is 5.95 Å². The quantitative estimate of drug-likeness (QED) is 0.380. The van der Waals surface area contributed by atoms with E-state index in [1.807, 2.05) is 18.2 Å². The number of halogens is 3. The number of anilines is 3. The molecule has 0 spiro atoms. The lowest BCUT2D eigenvalue weighted by Gasteiger charge is -2.36. The number of ether oxygens (including phenoxy) is 1. The molecule has 4 aromatic rings. The number of hydrogen-bond acceptors (Lipinski definition) is 8. The maximum Gasteiger partial charge on any atom is 0.251 e. The lowest BCUT2D eigenvalue weighted by Crippen LogP contribution is -2.51. The van der Waals surface area contributed by atoms with Crippen LogP contribution in [0.2, 0.25) is 5.02 Å². The minimum absolute atomic E-state index is 0.0566. The van der Waals surface area contributed by atoms with Gasteiger partial charge in [-0.05, 0) is 19.1 Å². The molecule has 2 N–H and O–H groups in total. The van der Waals surface area contributed by atoms with E-state index in [0.29, 0.717) is 43.3 Å². The molecular weight excluding hydrogens is 520 g/mol. The average Bonchev–Trinajstić information content (AvgIpc) is 3.33.